The van der Waals surface area contributed by atoms with Crippen LogP contribution in [0, 0.1) is 17.8 Å². The molecule has 0 aliphatic carbocycles. The van der Waals surface area contributed by atoms with Gasteiger partial charge in [-0.15, -0.1) is 0 Å². The summed E-state index contributed by atoms with van der Waals surface area (Å²) in [5.74, 6) is -3.53. The van der Waals surface area contributed by atoms with E-state index in [4.69, 9.17) is 5.73 Å². The number of aromatic nitrogens is 2. The van der Waals surface area contributed by atoms with Gasteiger partial charge in [-0.3, -0.25) is 4.79 Å². The number of benzene rings is 1. The van der Waals surface area contributed by atoms with Crippen molar-refractivity contribution in [3.05, 3.63) is 53.1 Å². The van der Waals surface area contributed by atoms with E-state index in [-0.39, 0.29) is 31.0 Å². The number of carbonyl (C=O) groups is 1. The number of amides is 1. The highest BCUT2D eigenvalue weighted by Crippen LogP contribution is 2.26. The number of carbonyl (C=O) groups excluding carboxylic acids is 1. The van der Waals surface area contributed by atoms with E-state index in [1.807, 2.05) is 0 Å². The molecule has 2 aromatic rings. The molecule has 2 heterocycles. The second kappa shape index (κ2) is 5.87. The number of nitrogens with zero attached hydrogens (tertiary/aromatic N) is 3. The first kappa shape index (κ1) is 16.4. The van der Waals surface area contributed by atoms with Gasteiger partial charge in [-0.1, -0.05) is 6.07 Å². The largest absolute Gasteiger partial charge is 0.363 e. The predicted octanol–water partition coefficient (Wildman–Crippen LogP) is 0.401. The molecule has 1 amide bonds. The van der Waals surface area contributed by atoms with E-state index in [9.17, 15) is 22.0 Å². The van der Waals surface area contributed by atoms with Crippen molar-refractivity contribution in [3.63, 3.8) is 0 Å². The molecule has 24 heavy (non-hydrogen) atoms. The van der Waals surface area contributed by atoms with Gasteiger partial charge in [-0.05, 0) is 18.6 Å². The number of hydrogen-bond donors (Lipinski definition) is 1. The summed E-state index contributed by atoms with van der Waals surface area (Å²) in [5, 5.41) is 0. The lowest BCUT2D eigenvalue weighted by atomic mass is 10.1. The Kier molecular flexibility index (Phi) is 4.01. The third kappa shape index (κ3) is 2.74. The molecule has 0 fully saturated rings. The Morgan fingerprint density at radius 3 is 2.58 bits per heavy atom. The summed E-state index contributed by atoms with van der Waals surface area (Å²) in [6.07, 6.45) is 2.79. The number of fused-ring (bicyclic) bond motifs is 1. The Morgan fingerprint density at radius 1 is 1.29 bits per heavy atom. The van der Waals surface area contributed by atoms with Crippen molar-refractivity contribution in [2.75, 3.05) is 6.54 Å². The van der Waals surface area contributed by atoms with E-state index in [1.54, 1.807) is 0 Å². The van der Waals surface area contributed by atoms with Gasteiger partial charge in [0.2, 0.25) is 15.8 Å². The first-order valence-electron chi connectivity index (χ1n) is 6.82. The summed E-state index contributed by atoms with van der Waals surface area (Å²) in [6.45, 7) is -0.274. The van der Waals surface area contributed by atoms with Gasteiger partial charge in [-0.25, -0.2) is 27.2 Å². The Labute approximate surface area is 136 Å². The maximum absolute atomic E-state index is 13.8. The van der Waals surface area contributed by atoms with Crippen molar-refractivity contribution in [3.8, 4) is 0 Å². The van der Waals surface area contributed by atoms with Crippen LogP contribution < -0.4 is 5.73 Å². The van der Waals surface area contributed by atoms with Gasteiger partial charge < -0.3 is 5.73 Å². The van der Waals surface area contributed by atoms with Crippen LogP contribution in [0.3, 0.4) is 0 Å². The van der Waals surface area contributed by atoms with Crippen LogP contribution in [0.1, 0.15) is 21.9 Å². The maximum atomic E-state index is 13.8. The molecular weight excluding hydrogens is 342 g/mol. The molecule has 10 heteroatoms. The maximum Gasteiger partial charge on any atom is 0.286 e. The van der Waals surface area contributed by atoms with E-state index in [0.29, 0.717) is 5.56 Å². The first-order valence-corrected chi connectivity index (χ1v) is 8.26. The lowest BCUT2D eigenvalue weighted by Crippen LogP contribution is -2.38. The summed E-state index contributed by atoms with van der Waals surface area (Å²) in [5.41, 5.74) is 5.84. The monoisotopic (exact) mass is 353 g/mol. The van der Waals surface area contributed by atoms with Crippen molar-refractivity contribution in [1.29, 1.82) is 0 Å². The molecule has 0 spiro atoms. The van der Waals surface area contributed by atoms with Crippen molar-refractivity contribution in [2.45, 2.75) is 17.9 Å². The fraction of sp³-hybridized carbons (Fsp3) is 0.214. The molecule has 1 aliphatic heterocycles. The molecule has 0 saturated carbocycles. The van der Waals surface area contributed by atoms with Crippen LogP contribution in [-0.2, 0) is 23.0 Å². The van der Waals surface area contributed by atoms with Crippen LogP contribution >= 0.6 is 0 Å². The van der Waals surface area contributed by atoms with Crippen LogP contribution in [-0.4, -0.2) is 35.1 Å². The zero-order chi connectivity index (χ0) is 17.5. The fourth-order valence-electron chi connectivity index (χ4n) is 2.39. The topological polar surface area (TPSA) is 106 Å². The van der Waals surface area contributed by atoms with Crippen molar-refractivity contribution in [2.24, 2.45) is 5.73 Å². The molecule has 1 aromatic heterocycles. The minimum atomic E-state index is -4.41. The number of sulfonamides is 1. The predicted molar refractivity (Wildman–Crippen MR) is 77.0 cm³/mol. The minimum Gasteiger partial charge on any atom is -0.363 e. The summed E-state index contributed by atoms with van der Waals surface area (Å²) in [7, 11) is -4.41. The summed E-state index contributed by atoms with van der Waals surface area (Å²) in [4.78, 5) is 17.7. The van der Waals surface area contributed by atoms with Crippen LogP contribution in [0.2, 0.25) is 0 Å². The standard InChI is InChI=1S/C14H11F2N4O3S/c15-9-2-1-3-10(16)12(9)24(22,23)20-5-4-8-6-18-14(13(17)21)19-11(8)7-20/h1-3H,4-5,7H2,(H2,17,21). The highest BCUT2D eigenvalue weighted by molar-refractivity contribution is 7.89. The molecule has 0 bridgehead atoms. The molecule has 1 radical (unpaired) electrons. The van der Waals surface area contributed by atoms with Gasteiger partial charge in [0.15, 0.2) is 4.90 Å². The normalized spacial score (nSPS) is 15.1. The van der Waals surface area contributed by atoms with Crippen LogP contribution in [0.5, 0.6) is 0 Å². The van der Waals surface area contributed by atoms with Gasteiger partial charge in [0.25, 0.3) is 5.91 Å². The highest BCUT2D eigenvalue weighted by atomic mass is 32.2. The number of halogens is 2. The first-order chi connectivity index (χ1) is 11.3. The van der Waals surface area contributed by atoms with E-state index >= 15 is 0 Å². The molecule has 7 nitrogen and oxygen atoms in total. The summed E-state index contributed by atoms with van der Waals surface area (Å²) in [6, 6.07) is 2.82. The van der Waals surface area contributed by atoms with Gasteiger partial charge in [0, 0.05) is 12.1 Å². The fourth-order valence-corrected chi connectivity index (χ4v) is 3.90. The molecule has 125 valence electrons. The van der Waals surface area contributed by atoms with Gasteiger partial charge in [-0.2, -0.15) is 4.31 Å². The van der Waals surface area contributed by atoms with E-state index in [1.165, 1.54) is 0 Å². The number of primary amides is 1. The zero-order valence-electron chi connectivity index (χ0n) is 12.2. The average molecular weight is 353 g/mol. The molecular formula is C14H11F2N4O3S. The molecule has 0 unspecified atom stereocenters. The van der Waals surface area contributed by atoms with Crippen LogP contribution in [0.15, 0.2) is 23.1 Å². The second-order valence-electron chi connectivity index (χ2n) is 5.09. The zero-order valence-corrected chi connectivity index (χ0v) is 13.0. The van der Waals surface area contributed by atoms with Gasteiger partial charge in [0.05, 0.1) is 18.4 Å². The van der Waals surface area contributed by atoms with Crippen molar-refractivity contribution < 1.29 is 22.0 Å². The van der Waals surface area contributed by atoms with Gasteiger partial charge >= 0.3 is 0 Å². The van der Waals surface area contributed by atoms with Gasteiger partial charge in [0.1, 0.15) is 11.6 Å². The molecule has 2 N–H and O–H groups in total. The van der Waals surface area contributed by atoms with Crippen LogP contribution in [0.25, 0.3) is 0 Å². The molecule has 0 atom stereocenters. The highest BCUT2D eigenvalue weighted by Gasteiger charge is 2.34. The Bertz CT molecular complexity index is 913. The molecule has 3 rings (SSSR count). The Morgan fingerprint density at radius 2 is 1.96 bits per heavy atom. The SMILES string of the molecule is NC(=O)c1n[c]c2c(n1)CN(S(=O)(=O)c1c(F)cccc1F)CC2. The van der Waals surface area contributed by atoms with E-state index in [2.05, 4.69) is 16.2 Å². The lowest BCUT2D eigenvalue weighted by Gasteiger charge is -2.27. The molecule has 1 aromatic carbocycles. The molecule has 0 saturated heterocycles. The third-order valence-corrected chi connectivity index (χ3v) is 5.46. The lowest BCUT2D eigenvalue weighted by molar-refractivity contribution is 0.0989. The number of nitrogens with two attached hydrogens (primary N) is 1. The van der Waals surface area contributed by atoms with E-state index in [0.717, 1.165) is 22.5 Å². The Balaban J connectivity index is 2.00. The number of rotatable bonds is 3. The smallest absolute Gasteiger partial charge is 0.286 e. The van der Waals surface area contributed by atoms with E-state index < -0.39 is 32.5 Å². The van der Waals surface area contributed by atoms with Crippen molar-refractivity contribution >= 4 is 15.9 Å². The van der Waals surface area contributed by atoms with Crippen molar-refractivity contribution in [1.82, 2.24) is 14.3 Å². The minimum absolute atomic E-state index is 0.0150. The summed E-state index contributed by atoms with van der Waals surface area (Å²) >= 11 is 0. The Hall–Kier alpha value is -2.46. The molecule has 1 aliphatic rings. The average Bonchev–Trinajstić information content (AvgIpc) is 2.53. The third-order valence-electron chi connectivity index (χ3n) is 3.56. The summed E-state index contributed by atoms with van der Waals surface area (Å²) < 4.78 is 53.7. The number of hydrogen-bond acceptors (Lipinski definition) is 5. The second-order valence-corrected chi connectivity index (χ2v) is 6.96. The quantitative estimate of drug-likeness (QED) is 0.860. The van der Waals surface area contributed by atoms with Crippen LogP contribution in [0.4, 0.5) is 8.78 Å².